The number of hydrogen-bond acceptors (Lipinski definition) is 3. The molecule has 1 aliphatic rings. The Morgan fingerprint density at radius 3 is 2.60 bits per heavy atom. The molecule has 0 unspecified atom stereocenters. The van der Waals surface area contributed by atoms with Gasteiger partial charge in [0, 0.05) is 4.47 Å². The zero-order valence-corrected chi connectivity index (χ0v) is 13.0. The van der Waals surface area contributed by atoms with Crippen LogP contribution in [0.4, 0.5) is 4.39 Å². The van der Waals surface area contributed by atoms with Crippen LogP contribution >= 0.6 is 15.9 Å². The number of carbonyl (C=O) groups excluding carboxylic acids is 1. The molecule has 1 saturated carbocycles. The highest BCUT2D eigenvalue weighted by Gasteiger charge is 2.27. The predicted octanol–water partition coefficient (Wildman–Crippen LogP) is 3.84. The summed E-state index contributed by atoms with van der Waals surface area (Å²) in [7, 11) is 1.42. The number of carbonyl (C=O) groups is 1. The molecule has 0 spiro atoms. The monoisotopic (exact) mass is 344 g/mol. The summed E-state index contributed by atoms with van der Waals surface area (Å²) in [6.07, 6.45) is 3.42. The number of benzene rings is 1. The second-order valence-electron chi connectivity index (χ2n) is 5.09. The van der Waals surface area contributed by atoms with Crippen molar-refractivity contribution in [3.05, 3.63) is 34.1 Å². The molecule has 0 bridgehead atoms. The summed E-state index contributed by atoms with van der Waals surface area (Å²) >= 11 is 3.26. The highest BCUT2D eigenvalue weighted by molar-refractivity contribution is 9.10. The van der Waals surface area contributed by atoms with E-state index in [1.807, 2.05) is 6.07 Å². The van der Waals surface area contributed by atoms with Crippen LogP contribution < -0.4 is 0 Å². The van der Waals surface area contributed by atoms with Crippen LogP contribution in [0.25, 0.3) is 0 Å². The molecule has 110 valence electrons. The topological polar surface area (TPSA) is 35.5 Å². The molecule has 1 aliphatic carbocycles. The summed E-state index contributed by atoms with van der Waals surface area (Å²) in [4.78, 5) is 11.4. The lowest BCUT2D eigenvalue weighted by atomic mass is 9.87. The van der Waals surface area contributed by atoms with Gasteiger partial charge >= 0.3 is 5.97 Å². The van der Waals surface area contributed by atoms with Gasteiger partial charge in [0.05, 0.1) is 25.7 Å². The Balaban J connectivity index is 1.80. The van der Waals surface area contributed by atoms with Crippen molar-refractivity contribution >= 4 is 21.9 Å². The van der Waals surface area contributed by atoms with E-state index in [1.54, 1.807) is 0 Å². The van der Waals surface area contributed by atoms with E-state index in [1.165, 1.54) is 19.2 Å². The second-order valence-corrected chi connectivity index (χ2v) is 6.00. The summed E-state index contributed by atoms with van der Waals surface area (Å²) in [5, 5.41) is 0. The maximum Gasteiger partial charge on any atom is 0.308 e. The molecule has 2 rings (SSSR count). The molecule has 20 heavy (non-hydrogen) atoms. The van der Waals surface area contributed by atoms with Gasteiger partial charge < -0.3 is 9.47 Å². The molecule has 0 aromatic heterocycles. The van der Waals surface area contributed by atoms with Gasteiger partial charge in [-0.05, 0) is 49.4 Å². The van der Waals surface area contributed by atoms with Crippen LogP contribution in [0, 0.1) is 11.7 Å². The van der Waals surface area contributed by atoms with Gasteiger partial charge in [-0.1, -0.05) is 15.9 Å². The third-order valence-corrected chi connectivity index (χ3v) is 4.07. The zero-order chi connectivity index (χ0) is 14.5. The molecule has 0 radical (unpaired) electrons. The second kappa shape index (κ2) is 7.18. The summed E-state index contributed by atoms with van der Waals surface area (Å²) in [6.45, 7) is 0.393. The van der Waals surface area contributed by atoms with E-state index < -0.39 is 0 Å². The summed E-state index contributed by atoms with van der Waals surface area (Å²) in [5.74, 6) is -0.395. The van der Waals surface area contributed by atoms with E-state index in [2.05, 4.69) is 15.9 Å². The van der Waals surface area contributed by atoms with E-state index >= 15 is 0 Å². The van der Waals surface area contributed by atoms with Gasteiger partial charge in [-0.2, -0.15) is 0 Å². The molecule has 1 aromatic carbocycles. The molecule has 5 heteroatoms. The maximum absolute atomic E-state index is 13.2. The van der Waals surface area contributed by atoms with E-state index in [0.717, 1.165) is 31.2 Å². The summed E-state index contributed by atoms with van der Waals surface area (Å²) in [6, 6.07) is 4.75. The van der Waals surface area contributed by atoms with Crippen LogP contribution in [0.15, 0.2) is 22.7 Å². The number of esters is 1. The minimum Gasteiger partial charge on any atom is -0.469 e. The lowest BCUT2D eigenvalue weighted by molar-refractivity contribution is -0.147. The van der Waals surface area contributed by atoms with Crippen molar-refractivity contribution in [3.63, 3.8) is 0 Å². The first kappa shape index (κ1) is 15.4. The average Bonchev–Trinajstić information content (AvgIpc) is 2.44. The SMILES string of the molecule is COC(=O)C1CCC(OCc2cc(F)cc(Br)c2)CC1. The molecule has 0 heterocycles. The zero-order valence-electron chi connectivity index (χ0n) is 11.4. The molecule has 0 amide bonds. The van der Waals surface area contributed by atoms with Crippen LogP contribution in [0.2, 0.25) is 0 Å². The minimum absolute atomic E-state index is 0.00293. The molecule has 0 N–H and O–H groups in total. The van der Waals surface area contributed by atoms with Gasteiger partial charge in [0.2, 0.25) is 0 Å². The normalized spacial score (nSPS) is 22.6. The van der Waals surface area contributed by atoms with Crippen molar-refractivity contribution in [2.45, 2.75) is 38.4 Å². The van der Waals surface area contributed by atoms with Crippen molar-refractivity contribution in [2.24, 2.45) is 5.92 Å². The van der Waals surface area contributed by atoms with Crippen molar-refractivity contribution in [2.75, 3.05) is 7.11 Å². The quantitative estimate of drug-likeness (QED) is 0.778. The van der Waals surface area contributed by atoms with E-state index in [4.69, 9.17) is 9.47 Å². The molecular formula is C15H18BrFO3. The predicted molar refractivity (Wildman–Crippen MR) is 76.7 cm³/mol. The van der Waals surface area contributed by atoms with Gasteiger partial charge in [-0.3, -0.25) is 4.79 Å². The standard InChI is InChI=1S/C15H18BrFO3/c1-19-15(18)11-2-4-14(5-3-11)20-9-10-6-12(16)8-13(17)7-10/h6-8,11,14H,2-5,9H2,1H3. The molecule has 0 saturated heterocycles. The summed E-state index contributed by atoms with van der Waals surface area (Å²) < 4.78 is 24.5. The van der Waals surface area contributed by atoms with Crippen molar-refractivity contribution in [1.82, 2.24) is 0 Å². The number of rotatable bonds is 4. The van der Waals surface area contributed by atoms with Crippen molar-refractivity contribution in [1.29, 1.82) is 0 Å². The Morgan fingerprint density at radius 1 is 1.30 bits per heavy atom. The van der Waals surface area contributed by atoms with E-state index in [0.29, 0.717) is 11.1 Å². The Hall–Kier alpha value is -0.940. The smallest absolute Gasteiger partial charge is 0.308 e. The molecule has 1 aromatic rings. The first-order valence-corrected chi connectivity index (χ1v) is 7.52. The molecular weight excluding hydrogens is 327 g/mol. The van der Waals surface area contributed by atoms with Gasteiger partial charge in [0.25, 0.3) is 0 Å². The van der Waals surface area contributed by atoms with E-state index in [-0.39, 0.29) is 23.8 Å². The minimum atomic E-state index is -0.271. The van der Waals surface area contributed by atoms with Gasteiger partial charge in [0.1, 0.15) is 5.82 Å². The molecule has 0 atom stereocenters. The van der Waals surface area contributed by atoms with Crippen LogP contribution in [0.1, 0.15) is 31.2 Å². The van der Waals surface area contributed by atoms with Crippen LogP contribution in [0.5, 0.6) is 0 Å². The highest BCUT2D eigenvalue weighted by atomic mass is 79.9. The number of ether oxygens (including phenoxy) is 2. The Bertz CT molecular complexity index is 450. The Labute approximate surface area is 126 Å². The maximum atomic E-state index is 13.2. The van der Waals surface area contributed by atoms with Crippen LogP contribution in [-0.2, 0) is 20.9 Å². The third kappa shape index (κ3) is 4.28. The lowest BCUT2D eigenvalue weighted by Crippen LogP contribution is -2.26. The Kier molecular flexibility index (Phi) is 5.54. The fourth-order valence-corrected chi connectivity index (χ4v) is 3.05. The molecule has 0 aliphatic heterocycles. The lowest BCUT2D eigenvalue weighted by Gasteiger charge is -2.27. The van der Waals surface area contributed by atoms with Crippen molar-refractivity contribution < 1.29 is 18.7 Å². The number of halogens is 2. The Morgan fingerprint density at radius 2 is 2.00 bits per heavy atom. The highest BCUT2D eigenvalue weighted by Crippen LogP contribution is 2.28. The number of hydrogen-bond donors (Lipinski definition) is 0. The first-order chi connectivity index (χ1) is 9.58. The van der Waals surface area contributed by atoms with Crippen molar-refractivity contribution in [3.8, 4) is 0 Å². The number of methoxy groups -OCH3 is 1. The average molecular weight is 345 g/mol. The summed E-state index contributed by atoms with van der Waals surface area (Å²) in [5.41, 5.74) is 0.812. The van der Waals surface area contributed by atoms with Gasteiger partial charge in [-0.25, -0.2) is 4.39 Å². The van der Waals surface area contributed by atoms with Gasteiger partial charge in [-0.15, -0.1) is 0 Å². The first-order valence-electron chi connectivity index (χ1n) is 6.73. The fourth-order valence-electron chi connectivity index (χ4n) is 2.54. The fraction of sp³-hybridized carbons (Fsp3) is 0.533. The third-order valence-electron chi connectivity index (χ3n) is 3.62. The van der Waals surface area contributed by atoms with Gasteiger partial charge in [0.15, 0.2) is 0 Å². The molecule has 3 nitrogen and oxygen atoms in total. The molecule has 1 fully saturated rings. The van der Waals surface area contributed by atoms with E-state index in [9.17, 15) is 9.18 Å². The van der Waals surface area contributed by atoms with Crippen LogP contribution in [-0.4, -0.2) is 19.2 Å². The van der Waals surface area contributed by atoms with Crippen LogP contribution in [0.3, 0.4) is 0 Å². The largest absolute Gasteiger partial charge is 0.469 e.